The monoisotopic (exact) mass is 524 g/mol. The van der Waals surface area contributed by atoms with Gasteiger partial charge in [0.2, 0.25) is 0 Å². The third-order valence-electron chi connectivity index (χ3n) is 7.30. The zero-order valence-corrected chi connectivity index (χ0v) is 19.9. The van der Waals surface area contributed by atoms with Crippen molar-refractivity contribution in [2.75, 3.05) is 31.1 Å². The minimum Gasteiger partial charge on any atom is -1.00 e. The molecule has 1 aliphatic carbocycles. The van der Waals surface area contributed by atoms with Crippen LogP contribution in [0.3, 0.4) is 0 Å². The summed E-state index contributed by atoms with van der Waals surface area (Å²) in [6.07, 6.45) is 3.94. The van der Waals surface area contributed by atoms with Crippen LogP contribution in [0.1, 0.15) is 31.2 Å². The first-order chi connectivity index (χ1) is 15.4. The van der Waals surface area contributed by atoms with Gasteiger partial charge in [0.05, 0.1) is 31.9 Å². The number of carbonyl (C=O) groups is 1. The molecule has 1 amide bonds. The lowest BCUT2D eigenvalue weighted by Gasteiger charge is -2.52. The molecule has 1 saturated carbocycles. The fourth-order valence-electron chi connectivity index (χ4n) is 5.38. The molecular weight excluding hydrogens is 497 g/mol. The van der Waals surface area contributed by atoms with Gasteiger partial charge in [-0.25, -0.2) is 18.0 Å². The van der Waals surface area contributed by atoms with Gasteiger partial charge >= 0.3 is 6.09 Å². The van der Waals surface area contributed by atoms with Gasteiger partial charge in [0.15, 0.2) is 17.7 Å². The van der Waals surface area contributed by atoms with Crippen molar-refractivity contribution in [2.45, 2.75) is 38.3 Å². The van der Waals surface area contributed by atoms with Gasteiger partial charge in [0.25, 0.3) is 0 Å². The molecule has 1 atom stereocenters. The van der Waals surface area contributed by atoms with Gasteiger partial charge in [-0.1, -0.05) is 12.1 Å². The highest BCUT2D eigenvalue weighted by Gasteiger charge is 2.49. The van der Waals surface area contributed by atoms with E-state index >= 15 is 0 Å². The number of hydrogen-bond acceptors (Lipinski definition) is 2. The van der Waals surface area contributed by atoms with E-state index in [1.54, 1.807) is 6.07 Å². The first-order valence-electron chi connectivity index (χ1n) is 11.4. The number of nitrogens with zero attached hydrogens (tertiary/aromatic N) is 2. The summed E-state index contributed by atoms with van der Waals surface area (Å²) in [6.45, 7) is 4.26. The second kappa shape index (κ2) is 9.66. The average Bonchev–Trinajstić information content (AvgIpc) is 3.58. The van der Waals surface area contributed by atoms with Gasteiger partial charge in [-0.05, 0) is 48.7 Å². The number of quaternary nitrogens is 1. The molecule has 178 valence electrons. The Kier molecular flexibility index (Phi) is 7.05. The normalized spacial score (nSPS) is 25.9. The molecular formula is C25H28BrF3N2O2. The fourth-order valence-corrected chi connectivity index (χ4v) is 5.38. The molecule has 3 heterocycles. The molecule has 2 aromatic carbocycles. The standard InChI is InChI=1S/C25H28F3N2O2.BrH/c26-20-2-1-3-21(13-20)29(14-18-6-7-22(27)23(28)12-18)25(31)32-24-16-30(15-17-4-5-17)10-8-19(24)9-11-30;/h1-3,6-7,12-13,17,19,24H,4-5,8-11,14-16H2;1H/q+1;/p-1/t19?,24-,30?;/m0./s1. The van der Waals surface area contributed by atoms with Crippen molar-refractivity contribution in [3.05, 3.63) is 65.5 Å². The predicted octanol–water partition coefficient (Wildman–Crippen LogP) is 2.27. The second-order valence-electron chi connectivity index (χ2n) is 9.67. The highest BCUT2D eigenvalue weighted by atomic mass is 79.9. The summed E-state index contributed by atoms with van der Waals surface area (Å²) in [7, 11) is 0. The van der Waals surface area contributed by atoms with Gasteiger partial charge in [-0.15, -0.1) is 0 Å². The average molecular weight is 525 g/mol. The lowest BCUT2D eigenvalue weighted by molar-refractivity contribution is -0.947. The molecule has 4 nitrogen and oxygen atoms in total. The van der Waals surface area contributed by atoms with Crippen LogP contribution in [-0.2, 0) is 11.3 Å². The van der Waals surface area contributed by atoms with Crippen LogP contribution in [-0.4, -0.2) is 42.9 Å². The summed E-state index contributed by atoms with van der Waals surface area (Å²) >= 11 is 0. The highest BCUT2D eigenvalue weighted by Crippen LogP contribution is 2.40. The second-order valence-corrected chi connectivity index (χ2v) is 9.67. The number of fused-ring (bicyclic) bond motifs is 3. The van der Waals surface area contributed by atoms with Crippen LogP contribution in [0.2, 0.25) is 0 Å². The van der Waals surface area contributed by atoms with Crippen LogP contribution in [0, 0.1) is 29.3 Å². The molecule has 8 heteroatoms. The summed E-state index contributed by atoms with van der Waals surface area (Å²) in [4.78, 5) is 14.6. The van der Waals surface area contributed by atoms with Gasteiger partial charge in [0, 0.05) is 24.7 Å². The van der Waals surface area contributed by atoms with Crippen molar-refractivity contribution in [1.29, 1.82) is 0 Å². The number of piperidine rings is 3. The van der Waals surface area contributed by atoms with E-state index < -0.39 is 23.5 Å². The van der Waals surface area contributed by atoms with Crippen LogP contribution in [0.4, 0.5) is 23.7 Å². The van der Waals surface area contributed by atoms with Gasteiger partial charge in [-0.3, -0.25) is 4.90 Å². The number of hydrogen-bond donors (Lipinski definition) is 0. The third kappa shape index (κ3) is 5.38. The Morgan fingerprint density at radius 1 is 1.00 bits per heavy atom. The van der Waals surface area contributed by atoms with E-state index in [1.165, 1.54) is 48.6 Å². The molecule has 4 fully saturated rings. The molecule has 0 N–H and O–H groups in total. The molecule has 3 saturated heterocycles. The SMILES string of the molecule is O=C(O[C@H]1C[N+]2(CC3CC3)CCC1CC2)N(Cc1ccc(F)c(F)c1)c1cccc(F)c1.[Br-]. The molecule has 6 rings (SSSR count). The van der Waals surface area contributed by atoms with Crippen LogP contribution in [0.25, 0.3) is 0 Å². The largest absolute Gasteiger partial charge is 1.00 e. The highest BCUT2D eigenvalue weighted by molar-refractivity contribution is 5.87. The zero-order chi connectivity index (χ0) is 22.3. The molecule has 2 bridgehead atoms. The van der Waals surface area contributed by atoms with Gasteiger partial charge in [0.1, 0.15) is 12.4 Å². The summed E-state index contributed by atoms with van der Waals surface area (Å²) in [5.41, 5.74) is 0.721. The molecule has 0 unspecified atom stereocenters. The summed E-state index contributed by atoms with van der Waals surface area (Å²) in [6, 6.07) is 9.17. The van der Waals surface area contributed by atoms with E-state index in [0.717, 1.165) is 55.0 Å². The van der Waals surface area contributed by atoms with E-state index in [4.69, 9.17) is 4.74 Å². The van der Waals surface area contributed by atoms with Crippen molar-refractivity contribution < 1.29 is 44.2 Å². The van der Waals surface area contributed by atoms with Crippen LogP contribution in [0.5, 0.6) is 0 Å². The Balaban J connectivity index is 0.00000259. The lowest BCUT2D eigenvalue weighted by Crippen LogP contribution is -3.00. The maximum absolute atomic E-state index is 13.9. The molecule has 4 aliphatic rings. The van der Waals surface area contributed by atoms with Crippen molar-refractivity contribution in [3.8, 4) is 0 Å². The Labute approximate surface area is 202 Å². The van der Waals surface area contributed by atoms with E-state index in [1.807, 2.05) is 0 Å². The van der Waals surface area contributed by atoms with E-state index in [0.29, 0.717) is 17.2 Å². The Bertz CT molecular complexity index is 1010. The number of benzene rings is 2. The number of anilines is 1. The maximum atomic E-state index is 13.9. The van der Waals surface area contributed by atoms with Gasteiger partial charge < -0.3 is 26.2 Å². The lowest BCUT2D eigenvalue weighted by atomic mass is 9.83. The smallest absolute Gasteiger partial charge is 0.415 e. The molecule has 33 heavy (non-hydrogen) atoms. The predicted molar refractivity (Wildman–Crippen MR) is 114 cm³/mol. The molecule has 0 radical (unpaired) electrons. The number of rotatable bonds is 6. The van der Waals surface area contributed by atoms with Crippen molar-refractivity contribution in [2.24, 2.45) is 11.8 Å². The van der Waals surface area contributed by atoms with Crippen molar-refractivity contribution >= 4 is 11.8 Å². The molecule has 2 aromatic rings. The first-order valence-corrected chi connectivity index (χ1v) is 11.4. The number of ether oxygens (including phenoxy) is 1. The minimum absolute atomic E-state index is 0. The van der Waals surface area contributed by atoms with Crippen LogP contribution in [0.15, 0.2) is 42.5 Å². The number of halogens is 4. The summed E-state index contributed by atoms with van der Waals surface area (Å²) < 4.78 is 48.1. The van der Waals surface area contributed by atoms with Crippen LogP contribution < -0.4 is 21.9 Å². The number of carbonyl (C=O) groups excluding carboxylic acids is 1. The molecule has 0 aromatic heterocycles. The Morgan fingerprint density at radius 3 is 2.42 bits per heavy atom. The summed E-state index contributed by atoms with van der Waals surface area (Å²) in [5, 5.41) is 0. The third-order valence-corrected chi connectivity index (χ3v) is 7.30. The van der Waals surface area contributed by atoms with Crippen LogP contribution >= 0.6 is 0 Å². The topological polar surface area (TPSA) is 29.5 Å². The van der Waals surface area contributed by atoms with Gasteiger partial charge in [-0.2, -0.15) is 0 Å². The zero-order valence-electron chi connectivity index (χ0n) is 18.4. The fraction of sp³-hybridized carbons (Fsp3) is 0.480. The number of amides is 1. The van der Waals surface area contributed by atoms with Crippen molar-refractivity contribution in [1.82, 2.24) is 0 Å². The van der Waals surface area contributed by atoms with E-state index in [2.05, 4.69) is 0 Å². The Morgan fingerprint density at radius 2 is 1.76 bits per heavy atom. The van der Waals surface area contributed by atoms with E-state index in [-0.39, 0.29) is 29.6 Å². The maximum Gasteiger partial charge on any atom is 0.415 e. The van der Waals surface area contributed by atoms with Crippen molar-refractivity contribution in [3.63, 3.8) is 0 Å². The molecule has 3 aliphatic heterocycles. The van der Waals surface area contributed by atoms with E-state index in [9.17, 15) is 18.0 Å². The summed E-state index contributed by atoms with van der Waals surface area (Å²) in [5.74, 6) is -1.28. The molecule has 0 spiro atoms. The Hall–Kier alpha value is -2.06. The quantitative estimate of drug-likeness (QED) is 0.542. The first kappa shape index (κ1) is 24.1. The minimum atomic E-state index is -0.987.